The number of hydrogen-bond acceptors (Lipinski definition) is 4. The second-order valence-electron chi connectivity index (χ2n) is 7.21. The maximum Gasteiger partial charge on any atom is 0.137 e. The van der Waals surface area contributed by atoms with E-state index in [0.29, 0.717) is 0 Å². The van der Waals surface area contributed by atoms with Crippen molar-refractivity contribution in [2.75, 3.05) is 6.61 Å². The Labute approximate surface area is 138 Å². The van der Waals surface area contributed by atoms with Gasteiger partial charge in [0.25, 0.3) is 0 Å². The van der Waals surface area contributed by atoms with Crippen LogP contribution in [0.5, 0.6) is 5.75 Å². The molecular weight excluding hydrogens is 290 g/mol. The van der Waals surface area contributed by atoms with Crippen LogP contribution in [0.2, 0.25) is 0 Å². The molecule has 1 aromatic carbocycles. The average molecular weight is 317 g/mol. The zero-order valence-electron chi connectivity index (χ0n) is 14.9. The highest BCUT2D eigenvalue weighted by atomic mass is 16.5. The fraction of sp³-hybridized carbons (Fsp3) is 0.556. The van der Waals surface area contributed by atoms with Crippen molar-refractivity contribution >= 4 is 0 Å². The van der Waals surface area contributed by atoms with Crippen LogP contribution in [0.4, 0.5) is 0 Å². The molecule has 0 bridgehead atoms. The summed E-state index contributed by atoms with van der Waals surface area (Å²) in [6, 6.07) is 5.69. The molecule has 1 aromatic heterocycles. The Hall–Kier alpha value is -1.88. The Balaban J connectivity index is 2.28. The van der Waals surface area contributed by atoms with E-state index < -0.39 is 11.0 Å². The molecule has 2 unspecified atom stereocenters. The van der Waals surface area contributed by atoms with E-state index in [-0.39, 0.29) is 12.6 Å². The number of benzene rings is 1. The summed E-state index contributed by atoms with van der Waals surface area (Å²) in [5.41, 5.74) is 0.774. The lowest BCUT2D eigenvalue weighted by molar-refractivity contribution is -0.122. The molecule has 23 heavy (non-hydrogen) atoms. The van der Waals surface area contributed by atoms with E-state index >= 15 is 0 Å². The van der Waals surface area contributed by atoms with E-state index in [0.717, 1.165) is 11.3 Å². The molecule has 0 aliphatic rings. The highest BCUT2D eigenvalue weighted by molar-refractivity contribution is 5.38. The van der Waals surface area contributed by atoms with Crippen molar-refractivity contribution in [1.29, 1.82) is 0 Å². The summed E-state index contributed by atoms with van der Waals surface area (Å²) in [7, 11) is 0. The van der Waals surface area contributed by atoms with Crippen LogP contribution in [0.1, 0.15) is 44.9 Å². The summed E-state index contributed by atoms with van der Waals surface area (Å²) < 4.78 is 7.70. The van der Waals surface area contributed by atoms with Gasteiger partial charge in [-0.2, -0.15) is 5.10 Å². The van der Waals surface area contributed by atoms with Gasteiger partial charge in [-0.1, -0.05) is 32.9 Å². The van der Waals surface area contributed by atoms with Crippen LogP contribution in [0.3, 0.4) is 0 Å². The van der Waals surface area contributed by atoms with E-state index in [1.807, 2.05) is 46.8 Å². The summed E-state index contributed by atoms with van der Waals surface area (Å²) in [4.78, 5) is 3.98. The zero-order valence-corrected chi connectivity index (χ0v) is 14.9. The molecule has 0 aliphatic carbocycles. The number of aryl methyl sites for hydroxylation is 1. The third kappa shape index (κ3) is 3.39. The first-order valence-electron chi connectivity index (χ1n) is 7.92. The normalized spacial score (nSPS) is 16.0. The standard InChI is InChI=1S/C18H27N3O2/c1-13-8-7-9-16(14(13)2)23-10-18(22,17(4,5)6)15(3)21-12-19-11-20-21/h7-9,11-12,15,22H,10H2,1-6H3. The van der Waals surface area contributed by atoms with E-state index in [9.17, 15) is 5.11 Å². The Kier molecular flexibility index (Phi) is 4.80. The minimum atomic E-state index is -1.10. The smallest absolute Gasteiger partial charge is 0.137 e. The predicted octanol–water partition coefficient (Wildman–Crippen LogP) is 3.31. The van der Waals surface area contributed by atoms with E-state index in [4.69, 9.17) is 4.74 Å². The third-order valence-corrected chi connectivity index (χ3v) is 4.83. The Morgan fingerprint density at radius 2 is 1.96 bits per heavy atom. The van der Waals surface area contributed by atoms with Gasteiger partial charge in [-0.3, -0.25) is 0 Å². The lowest BCUT2D eigenvalue weighted by Crippen LogP contribution is -2.53. The van der Waals surface area contributed by atoms with Gasteiger partial charge in [0.2, 0.25) is 0 Å². The number of ether oxygens (including phenoxy) is 1. The molecule has 5 heteroatoms. The SMILES string of the molecule is Cc1cccc(OCC(O)(C(C)n2cncn2)C(C)(C)C)c1C. The van der Waals surface area contributed by atoms with Crippen LogP contribution in [0, 0.1) is 19.3 Å². The molecule has 0 fully saturated rings. The maximum atomic E-state index is 11.4. The predicted molar refractivity (Wildman–Crippen MR) is 90.5 cm³/mol. The van der Waals surface area contributed by atoms with Crippen molar-refractivity contribution in [2.45, 2.75) is 53.2 Å². The van der Waals surface area contributed by atoms with Gasteiger partial charge in [0, 0.05) is 0 Å². The number of aromatic nitrogens is 3. The Morgan fingerprint density at radius 3 is 2.52 bits per heavy atom. The van der Waals surface area contributed by atoms with E-state index in [2.05, 4.69) is 23.1 Å². The quantitative estimate of drug-likeness (QED) is 0.919. The molecular formula is C18H27N3O2. The topological polar surface area (TPSA) is 60.2 Å². The van der Waals surface area contributed by atoms with Gasteiger partial charge in [0.15, 0.2) is 0 Å². The first kappa shape index (κ1) is 17.5. The minimum Gasteiger partial charge on any atom is -0.490 e. The van der Waals surface area contributed by atoms with Crippen LogP contribution < -0.4 is 4.74 Å². The van der Waals surface area contributed by atoms with Crippen LogP contribution in [0.25, 0.3) is 0 Å². The summed E-state index contributed by atoms with van der Waals surface area (Å²) in [5, 5.41) is 15.6. The molecule has 0 amide bonds. The van der Waals surface area contributed by atoms with Crippen molar-refractivity contribution in [3.05, 3.63) is 42.0 Å². The summed E-state index contributed by atoms with van der Waals surface area (Å²) >= 11 is 0. The molecule has 5 nitrogen and oxygen atoms in total. The van der Waals surface area contributed by atoms with Crippen molar-refractivity contribution in [2.24, 2.45) is 5.41 Å². The molecule has 2 rings (SSSR count). The van der Waals surface area contributed by atoms with Crippen LogP contribution >= 0.6 is 0 Å². The fourth-order valence-electron chi connectivity index (χ4n) is 2.67. The van der Waals surface area contributed by atoms with Crippen molar-refractivity contribution in [1.82, 2.24) is 14.8 Å². The lowest BCUT2D eigenvalue weighted by atomic mass is 9.72. The summed E-state index contributed by atoms with van der Waals surface area (Å²) in [5.74, 6) is 0.804. The minimum absolute atomic E-state index is 0.182. The third-order valence-electron chi connectivity index (χ3n) is 4.83. The lowest BCUT2D eigenvalue weighted by Gasteiger charge is -2.44. The fourth-order valence-corrected chi connectivity index (χ4v) is 2.67. The average Bonchev–Trinajstić information content (AvgIpc) is 3.00. The molecule has 0 saturated carbocycles. The van der Waals surface area contributed by atoms with Gasteiger partial charge in [-0.25, -0.2) is 9.67 Å². The van der Waals surface area contributed by atoms with Crippen LogP contribution in [-0.2, 0) is 0 Å². The van der Waals surface area contributed by atoms with Gasteiger partial charge >= 0.3 is 0 Å². The monoisotopic (exact) mass is 317 g/mol. The van der Waals surface area contributed by atoms with Gasteiger partial charge < -0.3 is 9.84 Å². The van der Waals surface area contributed by atoms with Gasteiger partial charge in [-0.05, 0) is 43.4 Å². The molecule has 1 heterocycles. The van der Waals surface area contributed by atoms with E-state index in [1.165, 1.54) is 11.9 Å². The van der Waals surface area contributed by atoms with Crippen LogP contribution in [0.15, 0.2) is 30.9 Å². The summed E-state index contributed by atoms with van der Waals surface area (Å²) in [6.07, 6.45) is 3.10. The van der Waals surface area contributed by atoms with Crippen molar-refractivity contribution in [3.63, 3.8) is 0 Å². The van der Waals surface area contributed by atoms with Crippen LogP contribution in [-0.4, -0.2) is 32.1 Å². The maximum absolute atomic E-state index is 11.4. The van der Waals surface area contributed by atoms with Crippen molar-refractivity contribution < 1.29 is 9.84 Å². The molecule has 0 aliphatic heterocycles. The zero-order chi connectivity index (χ0) is 17.3. The highest BCUT2D eigenvalue weighted by Crippen LogP contribution is 2.39. The molecule has 0 radical (unpaired) electrons. The number of aliphatic hydroxyl groups is 1. The first-order chi connectivity index (χ1) is 10.7. The van der Waals surface area contributed by atoms with Gasteiger partial charge in [0.1, 0.15) is 30.6 Å². The molecule has 0 saturated heterocycles. The van der Waals surface area contributed by atoms with Gasteiger partial charge in [0.05, 0.1) is 6.04 Å². The van der Waals surface area contributed by atoms with E-state index in [1.54, 1.807) is 11.0 Å². The largest absolute Gasteiger partial charge is 0.490 e. The summed E-state index contributed by atoms with van der Waals surface area (Å²) in [6.45, 7) is 12.2. The van der Waals surface area contributed by atoms with Gasteiger partial charge in [-0.15, -0.1) is 0 Å². The Bertz CT molecular complexity index is 647. The molecule has 2 aromatic rings. The molecule has 126 valence electrons. The Morgan fingerprint density at radius 1 is 1.26 bits per heavy atom. The second-order valence-corrected chi connectivity index (χ2v) is 7.21. The molecule has 1 N–H and O–H groups in total. The molecule has 0 spiro atoms. The first-order valence-corrected chi connectivity index (χ1v) is 7.92. The molecule has 2 atom stereocenters. The van der Waals surface area contributed by atoms with Crippen molar-refractivity contribution in [3.8, 4) is 5.75 Å². The number of rotatable bonds is 5. The second kappa shape index (κ2) is 6.32. The number of nitrogens with zero attached hydrogens (tertiary/aromatic N) is 3. The highest BCUT2D eigenvalue weighted by Gasteiger charge is 2.47. The number of hydrogen-bond donors (Lipinski definition) is 1.